The number of halogens is 3. The number of benzene rings is 2. The highest BCUT2D eigenvalue weighted by atomic mass is 19.4. The number of hydrogen-bond donors (Lipinski definition) is 2. The fraction of sp³-hybridized carbons (Fsp3) is 0.357. The molecular formula is C28H29F3N4O. The summed E-state index contributed by atoms with van der Waals surface area (Å²) in [6.45, 7) is 4.35. The highest BCUT2D eigenvalue weighted by Crippen LogP contribution is 2.35. The van der Waals surface area contributed by atoms with Crippen LogP contribution in [-0.2, 0) is 16.5 Å². The molecule has 5 nitrogen and oxygen atoms in total. The Bertz CT molecular complexity index is 1220. The van der Waals surface area contributed by atoms with Crippen molar-refractivity contribution in [3.05, 3.63) is 94.7 Å². The van der Waals surface area contributed by atoms with Crippen LogP contribution in [0, 0.1) is 18.3 Å². The van der Waals surface area contributed by atoms with Crippen LogP contribution >= 0.6 is 0 Å². The first-order valence-corrected chi connectivity index (χ1v) is 11.9. The van der Waals surface area contributed by atoms with Crippen LogP contribution in [0.4, 0.5) is 19.0 Å². The van der Waals surface area contributed by atoms with E-state index in [1.54, 1.807) is 38.2 Å². The molecule has 2 heterocycles. The van der Waals surface area contributed by atoms with E-state index < -0.39 is 23.4 Å². The van der Waals surface area contributed by atoms with E-state index in [1.165, 1.54) is 6.07 Å². The first-order chi connectivity index (χ1) is 17.2. The molecular weight excluding hydrogens is 465 g/mol. The topological polar surface area (TPSA) is 70.0 Å². The lowest BCUT2D eigenvalue weighted by Gasteiger charge is -2.42. The van der Waals surface area contributed by atoms with E-state index in [2.05, 4.69) is 21.7 Å². The Morgan fingerprint density at radius 2 is 1.97 bits per heavy atom. The monoisotopic (exact) mass is 494 g/mol. The standard InChI is InChI=1S/C28H29F3N4O/c1-19-13-22(15-24(14-19)28(29,30)31)20(2)36-18-27(23-8-4-3-5-9-23)11-10-25(17-34-27)35-26-21(16-32)7-6-12-33-26/h3-9,12-15,20,25,34H,10-11,17-18H2,1-2H3,(H,33,35)/t20?,25?,27-/m1/s1. The van der Waals surface area contributed by atoms with E-state index >= 15 is 0 Å². The molecule has 0 radical (unpaired) electrons. The van der Waals surface area contributed by atoms with Crippen molar-refractivity contribution in [3.8, 4) is 6.07 Å². The summed E-state index contributed by atoms with van der Waals surface area (Å²) in [5.74, 6) is 0.559. The molecule has 188 valence electrons. The van der Waals surface area contributed by atoms with Gasteiger partial charge in [-0.1, -0.05) is 42.0 Å². The Labute approximate surface area is 209 Å². The number of pyridine rings is 1. The minimum Gasteiger partial charge on any atom is -0.372 e. The molecule has 0 saturated carbocycles. The highest BCUT2D eigenvalue weighted by molar-refractivity contribution is 5.52. The minimum atomic E-state index is -4.41. The van der Waals surface area contributed by atoms with E-state index in [9.17, 15) is 18.4 Å². The van der Waals surface area contributed by atoms with Crippen molar-refractivity contribution >= 4 is 5.82 Å². The Kier molecular flexibility index (Phi) is 7.62. The van der Waals surface area contributed by atoms with Gasteiger partial charge in [0.15, 0.2) is 0 Å². The fourth-order valence-corrected chi connectivity index (χ4v) is 4.64. The van der Waals surface area contributed by atoms with Crippen LogP contribution in [-0.4, -0.2) is 24.2 Å². The van der Waals surface area contributed by atoms with Crippen molar-refractivity contribution < 1.29 is 17.9 Å². The van der Waals surface area contributed by atoms with Crippen LogP contribution in [0.15, 0.2) is 66.9 Å². The van der Waals surface area contributed by atoms with Crippen LogP contribution in [0.1, 0.15) is 53.7 Å². The minimum absolute atomic E-state index is 0.0624. The number of nitrogens with zero attached hydrogens (tertiary/aromatic N) is 2. The van der Waals surface area contributed by atoms with E-state index in [0.29, 0.717) is 35.7 Å². The van der Waals surface area contributed by atoms with Gasteiger partial charge in [0, 0.05) is 18.8 Å². The van der Waals surface area contributed by atoms with Crippen molar-refractivity contribution in [2.24, 2.45) is 0 Å². The molecule has 1 aliphatic heterocycles. The normalized spacial score (nSPS) is 20.9. The summed E-state index contributed by atoms with van der Waals surface area (Å²) >= 11 is 0. The summed E-state index contributed by atoms with van der Waals surface area (Å²) in [7, 11) is 0. The van der Waals surface area contributed by atoms with Gasteiger partial charge < -0.3 is 15.4 Å². The van der Waals surface area contributed by atoms with E-state index in [-0.39, 0.29) is 6.04 Å². The first kappa shape index (κ1) is 25.7. The van der Waals surface area contributed by atoms with E-state index in [4.69, 9.17) is 4.74 Å². The van der Waals surface area contributed by atoms with Crippen molar-refractivity contribution in [2.75, 3.05) is 18.5 Å². The third kappa shape index (κ3) is 5.86. The number of alkyl halides is 3. The van der Waals surface area contributed by atoms with Crippen LogP contribution in [0.2, 0.25) is 0 Å². The number of piperidine rings is 1. The zero-order valence-electron chi connectivity index (χ0n) is 20.3. The summed E-state index contributed by atoms with van der Waals surface area (Å²) in [6, 6.07) is 19.7. The van der Waals surface area contributed by atoms with E-state index in [1.807, 2.05) is 30.3 Å². The molecule has 4 rings (SSSR count). The number of anilines is 1. The molecule has 0 spiro atoms. The Morgan fingerprint density at radius 3 is 2.64 bits per heavy atom. The summed E-state index contributed by atoms with van der Waals surface area (Å²) in [6.07, 6.45) is -1.74. The molecule has 2 unspecified atom stereocenters. The van der Waals surface area contributed by atoms with Gasteiger partial charge in [-0.15, -0.1) is 0 Å². The third-order valence-electron chi connectivity index (χ3n) is 6.68. The van der Waals surface area contributed by atoms with Gasteiger partial charge in [-0.2, -0.15) is 18.4 Å². The van der Waals surface area contributed by atoms with Crippen LogP contribution in [0.3, 0.4) is 0 Å². The number of nitriles is 1. The zero-order chi connectivity index (χ0) is 25.8. The van der Waals surface area contributed by atoms with Crippen molar-refractivity contribution in [1.29, 1.82) is 5.26 Å². The van der Waals surface area contributed by atoms with Gasteiger partial charge in [0.05, 0.1) is 29.4 Å². The maximum Gasteiger partial charge on any atom is 0.416 e. The second kappa shape index (κ2) is 10.7. The highest BCUT2D eigenvalue weighted by Gasteiger charge is 2.38. The second-order valence-corrected chi connectivity index (χ2v) is 9.30. The van der Waals surface area contributed by atoms with Crippen molar-refractivity contribution in [3.63, 3.8) is 0 Å². The van der Waals surface area contributed by atoms with Gasteiger partial charge >= 0.3 is 6.18 Å². The molecule has 3 atom stereocenters. The lowest BCUT2D eigenvalue weighted by atomic mass is 9.81. The van der Waals surface area contributed by atoms with Gasteiger partial charge in [-0.25, -0.2) is 4.98 Å². The molecule has 1 aliphatic rings. The molecule has 1 fully saturated rings. The van der Waals surface area contributed by atoms with Gasteiger partial charge in [0.1, 0.15) is 11.9 Å². The number of ether oxygens (including phenoxy) is 1. The van der Waals surface area contributed by atoms with Gasteiger partial charge in [-0.05, 0) is 62.1 Å². The average Bonchev–Trinajstić information content (AvgIpc) is 2.88. The number of aromatic nitrogens is 1. The smallest absolute Gasteiger partial charge is 0.372 e. The number of rotatable bonds is 7. The molecule has 1 saturated heterocycles. The first-order valence-electron chi connectivity index (χ1n) is 11.9. The lowest BCUT2D eigenvalue weighted by molar-refractivity contribution is -0.137. The zero-order valence-corrected chi connectivity index (χ0v) is 20.3. The SMILES string of the molecule is Cc1cc(C(C)OC[C@@]2(c3ccccc3)CCC(Nc3ncccc3C#N)CN2)cc(C(F)(F)F)c1. The molecule has 0 aliphatic carbocycles. The summed E-state index contributed by atoms with van der Waals surface area (Å²) in [4.78, 5) is 4.30. The maximum absolute atomic E-state index is 13.3. The molecule has 2 N–H and O–H groups in total. The predicted molar refractivity (Wildman–Crippen MR) is 132 cm³/mol. The average molecular weight is 495 g/mol. The number of hydrogen-bond acceptors (Lipinski definition) is 5. The molecule has 8 heteroatoms. The third-order valence-corrected chi connectivity index (χ3v) is 6.68. The molecule has 0 bridgehead atoms. The molecule has 0 amide bonds. The Balaban J connectivity index is 1.49. The lowest BCUT2D eigenvalue weighted by Crippen LogP contribution is -2.55. The van der Waals surface area contributed by atoms with Gasteiger partial charge in [0.2, 0.25) is 0 Å². The van der Waals surface area contributed by atoms with Crippen LogP contribution < -0.4 is 10.6 Å². The van der Waals surface area contributed by atoms with Crippen molar-refractivity contribution in [2.45, 2.75) is 50.6 Å². The molecule has 2 aromatic carbocycles. The summed E-state index contributed by atoms with van der Waals surface area (Å²) in [5, 5.41) is 16.3. The Morgan fingerprint density at radius 1 is 1.19 bits per heavy atom. The largest absolute Gasteiger partial charge is 0.416 e. The summed E-state index contributed by atoms with van der Waals surface area (Å²) in [5.41, 5.74) is 1.44. The van der Waals surface area contributed by atoms with Crippen LogP contribution in [0.25, 0.3) is 0 Å². The van der Waals surface area contributed by atoms with Crippen molar-refractivity contribution in [1.82, 2.24) is 10.3 Å². The van der Waals surface area contributed by atoms with E-state index in [0.717, 1.165) is 24.5 Å². The van der Waals surface area contributed by atoms with Crippen LogP contribution in [0.5, 0.6) is 0 Å². The number of aryl methyl sites for hydroxylation is 1. The summed E-state index contributed by atoms with van der Waals surface area (Å²) < 4.78 is 46.2. The number of nitrogens with one attached hydrogen (secondary N) is 2. The Hall–Kier alpha value is -3.41. The second-order valence-electron chi connectivity index (χ2n) is 9.30. The quantitative estimate of drug-likeness (QED) is 0.414. The molecule has 3 aromatic rings. The predicted octanol–water partition coefficient (Wildman–Crippen LogP) is 6.12. The maximum atomic E-state index is 13.3. The fourth-order valence-electron chi connectivity index (χ4n) is 4.64. The molecule has 1 aromatic heterocycles. The molecule has 36 heavy (non-hydrogen) atoms. The van der Waals surface area contributed by atoms with Gasteiger partial charge in [-0.3, -0.25) is 0 Å². The van der Waals surface area contributed by atoms with Gasteiger partial charge in [0.25, 0.3) is 0 Å².